The van der Waals surface area contributed by atoms with E-state index in [4.69, 9.17) is 9.47 Å². The number of amides is 2. The second-order valence-corrected chi connectivity index (χ2v) is 5.83. The van der Waals surface area contributed by atoms with Gasteiger partial charge in [-0.15, -0.1) is 0 Å². The third kappa shape index (κ3) is 5.15. The SMILES string of the molecule is CCCCC(=O)N1CCN(C(=O)COc2ccc(OC)cc2)CC1. The smallest absolute Gasteiger partial charge is 0.260 e. The highest BCUT2D eigenvalue weighted by atomic mass is 16.5. The van der Waals surface area contributed by atoms with E-state index in [1.165, 1.54) is 0 Å². The van der Waals surface area contributed by atoms with Crippen LogP contribution in [0.25, 0.3) is 0 Å². The van der Waals surface area contributed by atoms with E-state index in [0.29, 0.717) is 38.3 Å². The Morgan fingerprint density at radius 2 is 1.50 bits per heavy atom. The molecule has 1 aromatic rings. The first-order chi connectivity index (χ1) is 11.6. The Hall–Kier alpha value is -2.24. The van der Waals surface area contributed by atoms with Crippen LogP contribution in [0.1, 0.15) is 26.2 Å². The lowest BCUT2D eigenvalue weighted by Crippen LogP contribution is -2.51. The summed E-state index contributed by atoms with van der Waals surface area (Å²) in [4.78, 5) is 27.8. The van der Waals surface area contributed by atoms with Crippen molar-refractivity contribution in [1.29, 1.82) is 0 Å². The molecule has 0 unspecified atom stereocenters. The summed E-state index contributed by atoms with van der Waals surface area (Å²) in [6.45, 7) is 4.45. The van der Waals surface area contributed by atoms with Gasteiger partial charge in [0.1, 0.15) is 11.5 Å². The predicted molar refractivity (Wildman–Crippen MR) is 91.2 cm³/mol. The molecule has 1 aliphatic heterocycles. The van der Waals surface area contributed by atoms with Gasteiger partial charge in [-0.3, -0.25) is 9.59 Å². The number of unbranched alkanes of at least 4 members (excludes halogenated alkanes) is 1. The van der Waals surface area contributed by atoms with E-state index in [0.717, 1.165) is 18.6 Å². The maximum atomic E-state index is 12.2. The predicted octanol–water partition coefficient (Wildman–Crippen LogP) is 1.93. The van der Waals surface area contributed by atoms with E-state index >= 15 is 0 Å². The van der Waals surface area contributed by atoms with Crippen molar-refractivity contribution < 1.29 is 19.1 Å². The first kappa shape index (κ1) is 18.1. The average molecular weight is 334 g/mol. The number of methoxy groups -OCH3 is 1. The lowest BCUT2D eigenvalue weighted by molar-refractivity contribution is -0.140. The number of ether oxygens (including phenoxy) is 2. The minimum absolute atomic E-state index is 0.0100. The number of carbonyl (C=O) groups excluding carboxylic acids is 2. The van der Waals surface area contributed by atoms with Gasteiger partial charge in [0.2, 0.25) is 5.91 Å². The quantitative estimate of drug-likeness (QED) is 0.764. The number of piperazine rings is 1. The Morgan fingerprint density at radius 3 is 2.04 bits per heavy atom. The summed E-state index contributed by atoms with van der Waals surface area (Å²) in [5.41, 5.74) is 0. The Balaban J connectivity index is 1.73. The summed E-state index contributed by atoms with van der Waals surface area (Å²) in [6.07, 6.45) is 2.55. The molecule has 0 N–H and O–H groups in total. The number of carbonyl (C=O) groups is 2. The Labute approximate surface area is 143 Å². The Bertz CT molecular complexity index is 536. The van der Waals surface area contributed by atoms with Gasteiger partial charge in [0.05, 0.1) is 7.11 Å². The Morgan fingerprint density at radius 1 is 0.958 bits per heavy atom. The zero-order chi connectivity index (χ0) is 17.4. The van der Waals surface area contributed by atoms with Gasteiger partial charge in [0.15, 0.2) is 6.61 Å². The van der Waals surface area contributed by atoms with E-state index in [1.54, 1.807) is 36.3 Å². The van der Waals surface area contributed by atoms with Gasteiger partial charge in [-0.05, 0) is 30.7 Å². The summed E-state index contributed by atoms with van der Waals surface area (Å²) in [5, 5.41) is 0. The van der Waals surface area contributed by atoms with Gasteiger partial charge in [-0.1, -0.05) is 13.3 Å². The molecule has 0 spiro atoms. The molecule has 1 saturated heterocycles. The van der Waals surface area contributed by atoms with Gasteiger partial charge in [0, 0.05) is 32.6 Å². The second kappa shape index (κ2) is 9.15. The average Bonchev–Trinajstić information content (AvgIpc) is 2.64. The molecule has 1 heterocycles. The highest BCUT2D eigenvalue weighted by Crippen LogP contribution is 2.17. The molecule has 0 bridgehead atoms. The van der Waals surface area contributed by atoms with Crippen LogP contribution in [-0.2, 0) is 9.59 Å². The number of hydrogen-bond acceptors (Lipinski definition) is 4. The lowest BCUT2D eigenvalue weighted by Gasteiger charge is -2.34. The monoisotopic (exact) mass is 334 g/mol. The molecule has 0 saturated carbocycles. The Kier molecular flexibility index (Phi) is 6.90. The molecule has 6 nitrogen and oxygen atoms in total. The van der Waals surface area contributed by atoms with Crippen molar-refractivity contribution in [3.05, 3.63) is 24.3 Å². The molecule has 1 fully saturated rings. The maximum Gasteiger partial charge on any atom is 0.260 e. The third-order valence-electron chi connectivity index (χ3n) is 4.15. The van der Waals surface area contributed by atoms with Gasteiger partial charge >= 0.3 is 0 Å². The van der Waals surface area contributed by atoms with Crippen LogP contribution in [0, 0.1) is 0 Å². The van der Waals surface area contributed by atoms with E-state index in [-0.39, 0.29) is 18.4 Å². The summed E-state index contributed by atoms with van der Waals surface area (Å²) < 4.78 is 10.6. The van der Waals surface area contributed by atoms with Gasteiger partial charge in [-0.25, -0.2) is 0 Å². The molecular weight excluding hydrogens is 308 g/mol. The second-order valence-electron chi connectivity index (χ2n) is 5.83. The highest BCUT2D eigenvalue weighted by molar-refractivity contribution is 5.79. The van der Waals surface area contributed by atoms with Crippen molar-refractivity contribution >= 4 is 11.8 Å². The highest BCUT2D eigenvalue weighted by Gasteiger charge is 2.23. The first-order valence-electron chi connectivity index (χ1n) is 8.46. The third-order valence-corrected chi connectivity index (χ3v) is 4.15. The molecule has 1 aliphatic rings. The van der Waals surface area contributed by atoms with E-state index in [1.807, 2.05) is 4.90 Å². The molecule has 6 heteroatoms. The standard InChI is InChI=1S/C18H26N2O4/c1-3-4-5-17(21)19-10-12-20(13-11-19)18(22)14-24-16-8-6-15(23-2)7-9-16/h6-9H,3-5,10-14H2,1-2H3. The summed E-state index contributed by atoms with van der Waals surface area (Å²) in [6, 6.07) is 7.13. The van der Waals surface area contributed by atoms with Crippen molar-refractivity contribution in [2.75, 3.05) is 39.9 Å². The van der Waals surface area contributed by atoms with E-state index in [9.17, 15) is 9.59 Å². The normalized spacial score (nSPS) is 14.4. The summed E-state index contributed by atoms with van der Waals surface area (Å²) >= 11 is 0. The van der Waals surface area contributed by atoms with Crippen LogP contribution in [0.2, 0.25) is 0 Å². The molecule has 132 valence electrons. The van der Waals surface area contributed by atoms with Gasteiger partial charge < -0.3 is 19.3 Å². The lowest BCUT2D eigenvalue weighted by atomic mass is 10.2. The van der Waals surface area contributed by atoms with E-state index < -0.39 is 0 Å². The number of benzene rings is 1. The minimum Gasteiger partial charge on any atom is -0.497 e. The molecule has 2 rings (SSSR count). The molecule has 0 atom stereocenters. The van der Waals surface area contributed by atoms with Crippen molar-refractivity contribution in [2.45, 2.75) is 26.2 Å². The number of nitrogens with zero attached hydrogens (tertiary/aromatic N) is 2. The maximum absolute atomic E-state index is 12.2. The largest absolute Gasteiger partial charge is 0.497 e. The molecule has 24 heavy (non-hydrogen) atoms. The fourth-order valence-corrected chi connectivity index (χ4v) is 2.60. The van der Waals surface area contributed by atoms with Crippen molar-refractivity contribution in [1.82, 2.24) is 9.80 Å². The van der Waals surface area contributed by atoms with Gasteiger partial charge in [-0.2, -0.15) is 0 Å². The number of rotatable bonds is 7. The molecule has 0 aromatic heterocycles. The summed E-state index contributed by atoms with van der Waals surface area (Å²) in [5.74, 6) is 1.53. The van der Waals surface area contributed by atoms with Crippen LogP contribution < -0.4 is 9.47 Å². The van der Waals surface area contributed by atoms with Crippen LogP contribution >= 0.6 is 0 Å². The zero-order valence-corrected chi connectivity index (χ0v) is 14.5. The topological polar surface area (TPSA) is 59.1 Å². The molecular formula is C18H26N2O4. The minimum atomic E-state index is -0.0496. The fourth-order valence-electron chi connectivity index (χ4n) is 2.60. The fraction of sp³-hybridized carbons (Fsp3) is 0.556. The zero-order valence-electron chi connectivity index (χ0n) is 14.5. The van der Waals surface area contributed by atoms with Crippen LogP contribution in [0.5, 0.6) is 11.5 Å². The summed E-state index contributed by atoms with van der Waals surface area (Å²) in [7, 11) is 1.60. The van der Waals surface area contributed by atoms with E-state index in [2.05, 4.69) is 6.92 Å². The van der Waals surface area contributed by atoms with Crippen LogP contribution in [0.15, 0.2) is 24.3 Å². The van der Waals surface area contributed by atoms with Crippen LogP contribution in [0.4, 0.5) is 0 Å². The van der Waals surface area contributed by atoms with Gasteiger partial charge in [0.25, 0.3) is 5.91 Å². The molecule has 0 radical (unpaired) electrons. The van der Waals surface area contributed by atoms with Crippen molar-refractivity contribution in [2.24, 2.45) is 0 Å². The number of hydrogen-bond donors (Lipinski definition) is 0. The van der Waals surface area contributed by atoms with Crippen molar-refractivity contribution in [3.8, 4) is 11.5 Å². The van der Waals surface area contributed by atoms with Crippen molar-refractivity contribution in [3.63, 3.8) is 0 Å². The molecule has 2 amide bonds. The first-order valence-corrected chi connectivity index (χ1v) is 8.46. The molecule has 1 aromatic carbocycles. The van der Waals surface area contributed by atoms with Crippen LogP contribution in [-0.4, -0.2) is 61.5 Å². The molecule has 0 aliphatic carbocycles. The van der Waals surface area contributed by atoms with Crippen LogP contribution in [0.3, 0.4) is 0 Å².